The van der Waals surface area contributed by atoms with Gasteiger partial charge in [-0.15, -0.1) is 0 Å². The Hall–Kier alpha value is -4.34. The molecule has 2 N–H and O–H groups in total. The van der Waals surface area contributed by atoms with Gasteiger partial charge in [-0.1, -0.05) is 6.07 Å². The van der Waals surface area contributed by atoms with Gasteiger partial charge in [0.25, 0.3) is 5.91 Å². The Balaban J connectivity index is 1.43. The number of hydrogen-bond donors (Lipinski definition) is 2. The van der Waals surface area contributed by atoms with Gasteiger partial charge in [0.15, 0.2) is 0 Å². The number of fused-ring (bicyclic) bond motifs is 1. The summed E-state index contributed by atoms with van der Waals surface area (Å²) in [6, 6.07) is 8.91. The third-order valence-electron chi connectivity index (χ3n) is 5.10. The number of amides is 1. The maximum Gasteiger partial charge on any atom is 0.328 e. The van der Waals surface area contributed by atoms with E-state index in [1.807, 2.05) is 0 Å². The summed E-state index contributed by atoms with van der Waals surface area (Å²) in [6.07, 6.45) is 6.29. The van der Waals surface area contributed by atoms with Crippen LogP contribution in [-0.4, -0.2) is 44.3 Å². The highest BCUT2D eigenvalue weighted by molar-refractivity contribution is 6.05. The summed E-state index contributed by atoms with van der Waals surface area (Å²) in [5.41, 5.74) is 2.45. The molecule has 0 aliphatic rings. The summed E-state index contributed by atoms with van der Waals surface area (Å²) in [5.74, 6) is -0.482. The first-order valence-corrected chi connectivity index (χ1v) is 10.7. The fourth-order valence-corrected chi connectivity index (χ4v) is 3.35. The van der Waals surface area contributed by atoms with Crippen LogP contribution >= 0.6 is 0 Å². The molecule has 4 aromatic rings. The molecule has 3 heterocycles. The van der Waals surface area contributed by atoms with Crippen molar-refractivity contribution in [2.24, 2.45) is 0 Å². The van der Waals surface area contributed by atoms with E-state index >= 15 is 0 Å². The lowest BCUT2D eigenvalue weighted by atomic mass is 10.1. The zero-order valence-corrected chi connectivity index (χ0v) is 18.7. The molecule has 10 heteroatoms. The van der Waals surface area contributed by atoms with Gasteiger partial charge in [-0.25, -0.2) is 18.9 Å². The number of ether oxygens (including phenoxy) is 1. The average Bonchev–Trinajstić information content (AvgIpc) is 3.28. The Labute approximate surface area is 195 Å². The number of benzene rings is 1. The number of nitrogens with one attached hydrogen (secondary N) is 2. The molecule has 1 atom stereocenters. The van der Waals surface area contributed by atoms with Crippen LogP contribution in [0.15, 0.2) is 61.2 Å². The van der Waals surface area contributed by atoms with Crippen LogP contribution in [0.5, 0.6) is 0 Å². The van der Waals surface area contributed by atoms with Crippen LogP contribution in [0.25, 0.3) is 16.6 Å². The molecule has 0 aliphatic carbocycles. The molecule has 0 spiro atoms. The van der Waals surface area contributed by atoms with Gasteiger partial charge in [0.05, 0.1) is 35.8 Å². The van der Waals surface area contributed by atoms with Crippen molar-refractivity contribution in [2.75, 3.05) is 11.9 Å². The van der Waals surface area contributed by atoms with Crippen molar-refractivity contribution in [3.63, 3.8) is 0 Å². The summed E-state index contributed by atoms with van der Waals surface area (Å²) >= 11 is 0. The van der Waals surface area contributed by atoms with Gasteiger partial charge in [-0.3, -0.25) is 9.78 Å². The van der Waals surface area contributed by atoms with Crippen LogP contribution in [0.2, 0.25) is 0 Å². The lowest BCUT2D eigenvalue weighted by Gasteiger charge is -2.13. The number of anilines is 1. The van der Waals surface area contributed by atoms with E-state index in [-0.39, 0.29) is 24.2 Å². The van der Waals surface area contributed by atoms with E-state index in [0.29, 0.717) is 34.6 Å². The van der Waals surface area contributed by atoms with Crippen molar-refractivity contribution in [2.45, 2.75) is 26.4 Å². The maximum absolute atomic E-state index is 13.3. The fraction of sp³-hybridized carbons (Fsp3) is 0.208. The largest absolute Gasteiger partial charge is 0.464 e. The molecule has 1 unspecified atom stereocenters. The summed E-state index contributed by atoms with van der Waals surface area (Å²) < 4.78 is 19.8. The number of carbonyl (C=O) groups is 2. The first-order chi connectivity index (χ1) is 16.5. The smallest absolute Gasteiger partial charge is 0.328 e. The summed E-state index contributed by atoms with van der Waals surface area (Å²) in [7, 11) is 0. The van der Waals surface area contributed by atoms with E-state index in [1.54, 1.807) is 61.4 Å². The van der Waals surface area contributed by atoms with Gasteiger partial charge in [-0.2, -0.15) is 5.10 Å². The van der Waals surface area contributed by atoms with E-state index < -0.39 is 6.04 Å². The monoisotopic (exact) mass is 462 g/mol. The Morgan fingerprint density at radius 2 is 1.88 bits per heavy atom. The number of aromatic nitrogens is 4. The van der Waals surface area contributed by atoms with Crippen molar-refractivity contribution in [3.05, 3.63) is 78.1 Å². The van der Waals surface area contributed by atoms with Crippen molar-refractivity contribution in [1.82, 2.24) is 25.1 Å². The predicted molar refractivity (Wildman–Crippen MR) is 124 cm³/mol. The van der Waals surface area contributed by atoms with Crippen molar-refractivity contribution in [3.8, 4) is 5.69 Å². The third-order valence-corrected chi connectivity index (χ3v) is 5.10. The van der Waals surface area contributed by atoms with Crippen LogP contribution in [0.4, 0.5) is 10.2 Å². The zero-order chi connectivity index (χ0) is 24.1. The Bertz CT molecular complexity index is 1300. The Morgan fingerprint density at radius 3 is 2.59 bits per heavy atom. The minimum absolute atomic E-state index is 0.252. The Kier molecular flexibility index (Phi) is 6.77. The maximum atomic E-state index is 13.3. The van der Waals surface area contributed by atoms with Crippen molar-refractivity contribution in [1.29, 1.82) is 0 Å². The molecular weight excluding hydrogens is 439 g/mol. The molecule has 0 saturated carbocycles. The molecule has 0 radical (unpaired) electrons. The molecule has 0 bridgehead atoms. The van der Waals surface area contributed by atoms with E-state index in [4.69, 9.17) is 4.74 Å². The third kappa shape index (κ3) is 5.01. The minimum atomic E-state index is -0.526. The second-order valence-electron chi connectivity index (χ2n) is 7.51. The molecular formula is C24H23FN6O3. The van der Waals surface area contributed by atoms with Crippen LogP contribution in [-0.2, 0) is 16.1 Å². The number of rotatable bonds is 8. The molecule has 3 aromatic heterocycles. The lowest BCUT2D eigenvalue weighted by Crippen LogP contribution is -2.28. The van der Waals surface area contributed by atoms with Crippen molar-refractivity contribution >= 4 is 28.6 Å². The van der Waals surface area contributed by atoms with E-state index in [1.165, 1.54) is 18.3 Å². The van der Waals surface area contributed by atoms with Gasteiger partial charge in [0.1, 0.15) is 17.7 Å². The van der Waals surface area contributed by atoms with Crippen LogP contribution in [0, 0.1) is 5.82 Å². The summed E-state index contributed by atoms with van der Waals surface area (Å²) in [6.45, 7) is 4.01. The SMILES string of the molecule is CCOC(=O)C(C)Nc1ccc(CNC(=O)c2cncc3c2cnn3-c2ccc(F)cc2)cn1. The van der Waals surface area contributed by atoms with Gasteiger partial charge < -0.3 is 15.4 Å². The first kappa shape index (κ1) is 22.8. The number of halogens is 1. The first-order valence-electron chi connectivity index (χ1n) is 10.7. The molecule has 0 saturated heterocycles. The number of nitrogens with zero attached hydrogens (tertiary/aromatic N) is 4. The number of esters is 1. The number of pyridine rings is 2. The molecule has 4 rings (SSSR count). The fourth-order valence-electron chi connectivity index (χ4n) is 3.35. The minimum Gasteiger partial charge on any atom is -0.464 e. The van der Waals surface area contributed by atoms with Gasteiger partial charge in [0.2, 0.25) is 0 Å². The topological polar surface area (TPSA) is 111 Å². The van der Waals surface area contributed by atoms with Crippen LogP contribution < -0.4 is 10.6 Å². The molecule has 1 aromatic carbocycles. The summed E-state index contributed by atoms with van der Waals surface area (Å²) in [4.78, 5) is 33.0. The highest BCUT2D eigenvalue weighted by Crippen LogP contribution is 2.21. The van der Waals surface area contributed by atoms with E-state index in [2.05, 4.69) is 25.7 Å². The quantitative estimate of drug-likeness (QED) is 0.387. The van der Waals surface area contributed by atoms with Gasteiger partial charge in [0, 0.05) is 24.3 Å². The highest BCUT2D eigenvalue weighted by Gasteiger charge is 2.16. The molecule has 34 heavy (non-hydrogen) atoms. The van der Waals surface area contributed by atoms with Crippen LogP contribution in [0.3, 0.4) is 0 Å². The second-order valence-corrected chi connectivity index (χ2v) is 7.51. The molecule has 174 valence electrons. The Morgan fingerprint density at radius 1 is 1.09 bits per heavy atom. The molecule has 0 aliphatic heterocycles. The lowest BCUT2D eigenvalue weighted by molar-refractivity contribution is -0.143. The average molecular weight is 462 g/mol. The van der Waals surface area contributed by atoms with Gasteiger partial charge >= 0.3 is 5.97 Å². The van der Waals surface area contributed by atoms with E-state index in [0.717, 1.165) is 5.56 Å². The van der Waals surface area contributed by atoms with Gasteiger partial charge in [-0.05, 0) is 49.7 Å². The predicted octanol–water partition coefficient (Wildman–Crippen LogP) is 3.25. The summed E-state index contributed by atoms with van der Waals surface area (Å²) in [5, 5.41) is 10.8. The number of carbonyl (C=O) groups excluding carboxylic acids is 2. The second kappa shape index (κ2) is 10.1. The van der Waals surface area contributed by atoms with Crippen LogP contribution in [0.1, 0.15) is 29.8 Å². The normalized spacial score (nSPS) is 11.7. The zero-order valence-electron chi connectivity index (χ0n) is 18.7. The highest BCUT2D eigenvalue weighted by atomic mass is 19.1. The standard InChI is InChI=1S/C24H23FN6O3/c1-3-34-24(33)15(2)30-22-9-4-16(10-27-22)11-28-23(32)20-12-26-14-21-19(20)13-29-31(21)18-7-5-17(25)6-8-18/h4-10,12-15H,3,11H2,1-2H3,(H,27,30)(H,28,32). The van der Waals surface area contributed by atoms with E-state index in [9.17, 15) is 14.0 Å². The number of hydrogen-bond acceptors (Lipinski definition) is 7. The molecule has 1 amide bonds. The van der Waals surface area contributed by atoms with Crippen molar-refractivity contribution < 1.29 is 18.7 Å². The molecule has 9 nitrogen and oxygen atoms in total. The molecule has 0 fully saturated rings.